The van der Waals surface area contributed by atoms with Crippen LogP contribution in [-0.2, 0) is 0 Å². The Labute approximate surface area is 108 Å². The minimum Gasteiger partial charge on any atom is -0.383 e. The summed E-state index contributed by atoms with van der Waals surface area (Å²) in [7, 11) is 1.64. The van der Waals surface area contributed by atoms with E-state index in [-0.39, 0.29) is 5.91 Å². The molecule has 1 unspecified atom stereocenters. The van der Waals surface area contributed by atoms with E-state index in [0.717, 1.165) is 18.8 Å². The molecule has 0 aliphatic carbocycles. The summed E-state index contributed by atoms with van der Waals surface area (Å²) in [4.78, 5) is 11.4. The predicted molar refractivity (Wildman–Crippen MR) is 74.0 cm³/mol. The average molecular weight is 247 g/mol. The van der Waals surface area contributed by atoms with Gasteiger partial charge in [0.25, 0.3) is 5.91 Å². The van der Waals surface area contributed by atoms with E-state index in [2.05, 4.69) is 16.0 Å². The number of anilines is 1. The van der Waals surface area contributed by atoms with Gasteiger partial charge in [0.05, 0.1) is 0 Å². The molecule has 98 valence electrons. The normalized spacial score (nSPS) is 19.3. The van der Waals surface area contributed by atoms with Crippen molar-refractivity contribution in [3.05, 3.63) is 29.8 Å². The van der Waals surface area contributed by atoms with Crippen molar-refractivity contribution >= 4 is 11.6 Å². The molecule has 1 aromatic rings. The second-order valence-corrected chi connectivity index (χ2v) is 4.68. The van der Waals surface area contributed by atoms with Gasteiger partial charge in [0.15, 0.2) is 0 Å². The van der Waals surface area contributed by atoms with Crippen LogP contribution in [-0.4, -0.2) is 32.1 Å². The monoisotopic (exact) mass is 247 g/mol. The van der Waals surface area contributed by atoms with Crippen molar-refractivity contribution < 1.29 is 4.79 Å². The van der Waals surface area contributed by atoms with Gasteiger partial charge in [-0.15, -0.1) is 0 Å². The van der Waals surface area contributed by atoms with Gasteiger partial charge in [-0.3, -0.25) is 4.79 Å². The molecule has 1 aliphatic heterocycles. The topological polar surface area (TPSA) is 53.2 Å². The van der Waals surface area contributed by atoms with Crippen LogP contribution in [0.3, 0.4) is 0 Å². The van der Waals surface area contributed by atoms with Crippen LogP contribution in [0.25, 0.3) is 0 Å². The van der Waals surface area contributed by atoms with Crippen LogP contribution in [0.15, 0.2) is 24.3 Å². The molecule has 0 spiro atoms. The number of hydrogen-bond acceptors (Lipinski definition) is 3. The number of amides is 1. The molecule has 0 bridgehead atoms. The first-order chi connectivity index (χ1) is 8.79. The van der Waals surface area contributed by atoms with E-state index < -0.39 is 0 Å². The van der Waals surface area contributed by atoms with Crippen LogP contribution in [0, 0.1) is 0 Å². The highest BCUT2D eigenvalue weighted by Gasteiger charge is 2.11. The first-order valence-corrected chi connectivity index (χ1v) is 6.59. The van der Waals surface area contributed by atoms with E-state index >= 15 is 0 Å². The number of carbonyl (C=O) groups excluding carboxylic acids is 1. The molecule has 1 aliphatic rings. The Hall–Kier alpha value is -1.55. The maximum Gasteiger partial charge on any atom is 0.251 e. The number of carbonyl (C=O) groups is 1. The Balaban J connectivity index is 1.84. The van der Waals surface area contributed by atoms with E-state index in [4.69, 9.17) is 0 Å². The van der Waals surface area contributed by atoms with E-state index in [1.807, 2.05) is 24.3 Å². The lowest BCUT2D eigenvalue weighted by molar-refractivity contribution is 0.0963. The smallest absolute Gasteiger partial charge is 0.251 e. The number of hydrogen-bond donors (Lipinski definition) is 3. The molecule has 18 heavy (non-hydrogen) atoms. The summed E-state index contributed by atoms with van der Waals surface area (Å²) >= 11 is 0. The van der Waals surface area contributed by atoms with Gasteiger partial charge in [0.1, 0.15) is 0 Å². The Morgan fingerprint density at radius 1 is 1.33 bits per heavy atom. The molecule has 1 saturated heterocycles. The molecular weight excluding hydrogens is 226 g/mol. The molecular formula is C14H21N3O. The van der Waals surface area contributed by atoms with Crippen LogP contribution in [0.2, 0.25) is 0 Å². The number of piperidine rings is 1. The van der Waals surface area contributed by atoms with Crippen molar-refractivity contribution in [1.29, 1.82) is 0 Å². The van der Waals surface area contributed by atoms with Gasteiger partial charge in [-0.1, -0.05) is 6.42 Å². The van der Waals surface area contributed by atoms with Gasteiger partial charge >= 0.3 is 0 Å². The van der Waals surface area contributed by atoms with Gasteiger partial charge in [0.2, 0.25) is 0 Å². The Morgan fingerprint density at radius 3 is 2.72 bits per heavy atom. The molecule has 3 N–H and O–H groups in total. The molecule has 1 heterocycles. The second kappa shape index (κ2) is 6.40. The second-order valence-electron chi connectivity index (χ2n) is 4.68. The molecule has 4 nitrogen and oxygen atoms in total. The summed E-state index contributed by atoms with van der Waals surface area (Å²) < 4.78 is 0. The molecule has 0 radical (unpaired) electrons. The average Bonchev–Trinajstić information content (AvgIpc) is 2.46. The maximum atomic E-state index is 11.4. The van der Waals surface area contributed by atoms with Crippen molar-refractivity contribution in [3.63, 3.8) is 0 Å². The van der Waals surface area contributed by atoms with E-state index in [9.17, 15) is 4.79 Å². The summed E-state index contributed by atoms with van der Waals surface area (Å²) in [5, 5.41) is 9.52. The van der Waals surface area contributed by atoms with E-state index in [0.29, 0.717) is 11.6 Å². The van der Waals surface area contributed by atoms with Crippen molar-refractivity contribution in [2.45, 2.75) is 25.3 Å². The SMILES string of the molecule is CNC(=O)c1ccc(NCC2CCCCN2)cc1. The Morgan fingerprint density at radius 2 is 2.11 bits per heavy atom. The van der Waals surface area contributed by atoms with Crippen LogP contribution in [0.1, 0.15) is 29.6 Å². The highest BCUT2D eigenvalue weighted by atomic mass is 16.1. The van der Waals surface area contributed by atoms with Crippen molar-refractivity contribution in [2.24, 2.45) is 0 Å². The third-order valence-electron chi connectivity index (χ3n) is 3.34. The lowest BCUT2D eigenvalue weighted by Gasteiger charge is -2.24. The summed E-state index contributed by atoms with van der Waals surface area (Å²) in [6.07, 6.45) is 3.84. The van der Waals surface area contributed by atoms with E-state index in [1.54, 1.807) is 7.05 Å². The third-order valence-corrected chi connectivity index (χ3v) is 3.34. The minimum absolute atomic E-state index is 0.0458. The van der Waals surface area contributed by atoms with Gasteiger partial charge in [-0.2, -0.15) is 0 Å². The molecule has 1 atom stereocenters. The first kappa shape index (κ1) is 12.9. The quantitative estimate of drug-likeness (QED) is 0.757. The van der Waals surface area contributed by atoms with Crippen LogP contribution >= 0.6 is 0 Å². The highest BCUT2D eigenvalue weighted by molar-refractivity contribution is 5.94. The summed E-state index contributed by atoms with van der Waals surface area (Å²) in [5.74, 6) is -0.0458. The standard InChI is InChI=1S/C14H21N3O/c1-15-14(18)11-5-7-12(8-6-11)17-10-13-4-2-3-9-16-13/h5-8,13,16-17H,2-4,9-10H2,1H3,(H,15,18). The van der Waals surface area contributed by atoms with Crippen LogP contribution in [0.4, 0.5) is 5.69 Å². The largest absolute Gasteiger partial charge is 0.383 e. The molecule has 1 aromatic carbocycles. The molecule has 0 aromatic heterocycles. The number of rotatable bonds is 4. The Bertz CT molecular complexity index is 383. The number of benzene rings is 1. The summed E-state index contributed by atoms with van der Waals surface area (Å²) in [6.45, 7) is 2.07. The van der Waals surface area contributed by atoms with Gasteiger partial charge in [-0.05, 0) is 43.7 Å². The number of nitrogens with one attached hydrogen (secondary N) is 3. The first-order valence-electron chi connectivity index (χ1n) is 6.59. The molecule has 2 rings (SSSR count). The van der Waals surface area contributed by atoms with Gasteiger partial charge < -0.3 is 16.0 Å². The highest BCUT2D eigenvalue weighted by Crippen LogP contribution is 2.12. The van der Waals surface area contributed by atoms with Crippen molar-refractivity contribution in [1.82, 2.24) is 10.6 Å². The fraction of sp³-hybridized carbons (Fsp3) is 0.500. The lowest BCUT2D eigenvalue weighted by atomic mass is 10.1. The zero-order valence-electron chi connectivity index (χ0n) is 10.8. The third kappa shape index (κ3) is 3.47. The zero-order chi connectivity index (χ0) is 12.8. The van der Waals surface area contributed by atoms with Gasteiger partial charge in [0, 0.05) is 30.9 Å². The molecule has 1 amide bonds. The Kier molecular flexibility index (Phi) is 4.59. The van der Waals surface area contributed by atoms with E-state index in [1.165, 1.54) is 19.3 Å². The maximum absolute atomic E-state index is 11.4. The van der Waals surface area contributed by atoms with Crippen molar-refractivity contribution in [2.75, 3.05) is 25.5 Å². The summed E-state index contributed by atoms with van der Waals surface area (Å²) in [6, 6.07) is 8.16. The summed E-state index contributed by atoms with van der Waals surface area (Å²) in [5.41, 5.74) is 1.76. The minimum atomic E-state index is -0.0458. The van der Waals surface area contributed by atoms with Gasteiger partial charge in [-0.25, -0.2) is 0 Å². The zero-order valence-corrected chi connectivity index (χ0v) is 10.8. The lowest BCUT2D eigenvalue weighted by Crippen LogP contribution is -2.39. The van der Waals surface area contributed by atoms with Crippen LogP contribution in [0.5, 0.6) is 0 Å². The molecule has 1 fully saturated rings. The van der Waals surface area contributed by atoms with Crippen molar-refractivity contribution in [3.8, 4) is 0 Å². The molecule has 0 saturated carbocycles. The van der Waals surface area contributed by atoms with Crippen LogP contribution < -0.4 is 16.0 Å². The molecule has 4 heteroatoms. The fourth-order valence-electron chi connectivity index (χ4n) is 2.22. The fourth-order valence-corrected chi connectivity index (χ4v) is 2.22. The predicted octanol–water partition coefficient (Wildman–Crippen LogP) is 1.60.